The molecule has 0 aliphatic rings. The molecule has 2 rings (SSSR count). The summed E-state index contributed by atoms with van der Waals surface area (Å²) in [6.07, 6.45) is 0. The van der Waals surface area contributed by atoms with Crippen LogP contribution >= 0.6 is 22.6 Å². The van der Waals surface area contributed by atoms with Crippen LogP contribution in [0.3, 0.4) is 0 Å². The van der Waals surface area contributed by atoms with Crippen molar-refractivity contribution in [3.63, 3.8) is 0 Å². The largest absolute Gasteiger partial charge is 0.293 e. The minimum absolute atomic E-state index is 0.154. The standard InChI is InChI=1S/C11H9IN2O3/c1-14-11(17)9-6(8(15)5-12)3-2-4-7(9)10(16)13-14/h2-4H,5H2,1H3,(H,13,16). The van der Waals surface area contributed by atoms with Gasteiger partial charge in [0.05, 0.1) is 15.2 Å². The highest BCUT2D eigenvalue weighted by Crippen LogP contribution is 2.13. The lowest BCUT2D eigenvalue weighted by Gasteiger charge is -2.05. The number of halogens is 1. The van der Waals surface area contributed by atoms with Gasteiger partial charge in [-0.15, -0.1) is 0 Å². The van der Waals surface area contributed by atoms with Gasteiger partial charge in [0, 0.05) is 12.6 Å². The Hall–Kier alpha value is -1.44. The van der Waals surface area contributed by atoms with Crippen LogP contribution in [-0.2, 0) is 7.05 Å². The maximum Gasteiger partial charge on any atom is 0.273 e. The second-order valence-corrected chi connectivity index (χ2v) is 4.35. The lowest BCUT2D eigenvalue weighted by Crippen LogP contribution is -2.28. The molecular formula is C11H9IN2O3. The van der Waals surface area contributed by atoms with Crippen molar-refractivity contribution >= 4 is 39.1 Å². The number of nitrogens with one attached hydrogen (secondary N) is 1. The van der Waals surface area contributed by atoms with E-state index in [-0.39, 0.29) is 32.1 Å². The summed E-state index contributed by atoms with van der Waals surface area (Å²) in [5, 5.41) is 2.85. The number of fused-ring (bicyclic) bond motifs is 1. The van der Waals surface area contributed by atoms with Crippen LogP contribution in [0, 0.1) is 0 Å². The Morgan fingerprint density at radius 2 is 2.12 bits per heavy atom. The number of rotatable bonds is 2. The van der Waals surface area contributed by atoms with Gasteiger partial charge in [0.1, 0.15) is 0 Å². The van der Waals surface area contributed by atoms with Gasteiger partial charge in [0.25, 0.3) is 11.1 Å². The van der Waals surface area contributed by atoms with Crippen LogP contribution in [0.5, 0.6) is 0 Å². The molecule has 0 aliphatic heterocycles. The first-order chi connectivity index (χ1) is 8.06. The second kappa shape index (κ2) is 4.44. The molecule has 17 heavy (non-hydrogen) atoms. The van der Waals surface area contributed by atoms with Gasteiger partial charge in [-0.05, 0) is 6.07 Å². The number of H-pyrrole nitrogens is 1. The van der Waals surface area contributed by atoms with Crippen LogP contribution in [0.2, 0.25) is 0 Å². The molecule has 1 N–H and O–H groups in total. The fraction of sp³-hybridized carbons (Fsp3) is 0.182. The molecule has 0 bridgehead atoms. The van der Waals surface area contributed by atoms with Crippen molar-refractivity contribution in [2.45, 2.75) is 0 Å². The minimum Gasteiger partial charge on any atom is -0.293 e. The molecule has 2 aromatic rings. The number of aromatic nitrogens is 2. The molecule has 0 fully saturated rings. The van der Waals surface area contributed by atoms with Crippen molar-refractivity contribution in [2.75, 3.05) is 4.43 Å². The fourth-order valence-electron chi connectivity index (χ4n) is 1.71. The maximum atomic E-state index is 12.0. The zero-order valence-corrected chi connectivity index (χ0v) is 11.1. The molecule has 0 atom stereocenters. The Bertz CT molecular complexity index is 715. The number of hydrogen-bond acceptors (Lipinski definition) is 3. The molecule has 0 saturated carbocycles. The fourth-order valence-corrected chi connectivity index (χ4v) is 2.12. The topological polar surface area (TPSA) is 71.9 Å². The summed E-state index contributed by atoms with van der Waals surface area (Å²) in [5.41, 5.74) is -0.429. The smallest absolute Gasteiger partial charge is 0.273 e. The highest BCUT2D eigenvalue weighted by molar-refractivity contribution is 14.1. The summed E-state index contributed by atoms with van der Waals surface area (Å²) in [4.78, 5) is 35.4. The zero-order valence-electron chi connectivity index (χ0n) is 8.99. The number of aromatic amines is 1. The molecular weight excluding hydrogens is 335 g/mol. The van der Waals surface area contributed by atoms with Crippen molar-refractivity contribution < 1.29 is 4.79 Å². The lowest BCUT2D eigenvalue weighted by atomic mass is 10.0. The first kappa shape index (κ1) is 12.0. The molecule has 6 heteroatoms. The molecule has 0 aliphatic carbocycles. The van der Waals surface area contributed by atoms with Crippen molar-refractivity contribution in [3.05, 3.63) is 44.5 Å². The monoisotopic (exact) mass is 344 g/mol. The first-order valence-electron chi connectivity index (χ1n) is 4.87. The van der Waals surface area contributed by atoms with E-state index >= 15 is 0 Å². The highest BCUT2D eigenvalue weighted by Gasteiger charge is 2.14. The van der Waals surface area contributed by atoms with E-state index in [0.717, 1.165) is 4.68 Å². The number of carbonyl (C=O) groups is 1. The predicted molar refractivity (Wildman–Crippen MR) is 73.0 cm³/mol. The van der Waals surface area contributed by atoms with Gasteiger partial charge in [-0.2, -0.15) is 0 Å². The quantitative estimate of drug-likeness (QED) is 0.499. The van der Waals surface area contributed by atoms with Gasteiger partial charge in [-0.25, -0.2) is 0 Å². The van der Waals surface area contributed by atoms with Gasteiger partial charge in [0.15, 0.2) is 5.78 Å². The SMILES string of the molecule is Cn1[nH]c(=O)c2cccc(C(=O)CI)c2c1=O. The Morgan fingerprint density at radius 3 is 2.76 bits per heavy atom. The van der Waals surface area contributed by atoms with Crippen LogP contribution < -0.4 is 11.1 Å². The van der Waals surface area contributed by atoms with Crippen molar-refractivity contribution in [1.29, 1.82) is 0 Å². The second-order valence-electron chi connectivity index (χ2n) is 3.59. The summed E-state index contributed by atoms with van der Waals surface area (Å²) in [6.45, 7) is 0. The number of aryl methyl sites for hydroxylation is 1. The van der Waals surface area contributed by atoms with E-state index in [2.05, 4.69) is 5.10 Å². The molecule has 88 valence electrons. The predicted octanol–water partition coefficient (Wildman–Crippen LogP) is 0.845. The maximum absolute atomic E-state index is 12.0. The van der Waals surface area contributed by atoms with Crippen LogP contribution in [-0.4, -0.2) is 20.0 Å². The van der Waals surface area contributed by atoms with E-state index in [0.29, 0.717) is 5.56 Å². The number of ketones is 1. The molecule has 0 radical (unpaired) electrons. The number of Topliss-reactive ketones (excluding diaryl/α,β-unsaturated/α-hetero) is 1. The Labute approximate surface area is 110 Å². The van der Waals surface area contributed by atoms with Gasteiger partial charge in [0.2, 0.25) is 0 Å². The number of hydrogen-bond donors (Lipinski definition) is 1. The summed E-state index contributed by atoms with van der Waals surface area (Å²) < 4.78 is 1.36. The molecule has 0 saturated heterocycles. The van der Waals surface area contributed by atoms with Crippen molar-refractivity contribution in [1.82, 2.24) is 9.78 Å². The van der Waals surface area contributed by atoms with E-state index in [4.69, 9.17) is 0 Å². The summed E-state index contributed by atoms with van der Waals surface area (Å²) in [7, 11) is 1.45. The third kappa shape index (κ3) is 1.92. The van der Waals surface area contributed by atoms with Crippen LogP contribution in [0.4, 0.5) is 0 Å². The van der Waals surface area contributed by atoms with E-state index < -0.39 is 0 Å². The zero-order chi connectivity index (χ0) is 12.6. The molecule has 0 unspecified atom stereocenters. The first-order valence-corrected chi connectivity index (χ1v) is 6.40. The molecule has 1 aromatic carbocycles. The molecule has 0 spiro atoms. The number of benzene rings is 1. The van der Waals surface area contributed by atoms with Gasteiger partial charge >= 0.3 is 0 Å². The number of nitrogens with zero attached hydrogens (tertiary/aromatic N) is 1. The number of carbonyl (C=O) groups excluding carboxylic acids is 1. The van der Waals surface area contributed by atoms with E-state index in [9.17, 15) is 14.4 Å². The van der Waals surface area contributed by atoms with Crippen molar-refractivity contribution in [2.24, 2.45) is 7.05 Å². The molecule has 1 aromatic heterocycles. The average Bonchev–Trinajstić information content (AvgIpc) is 2.34. The normalized spacial score (nSPS) is 10.7. The summed E-state index contributed by atoms with van der Waals surface area (Å²) in [5.74, 6) is -0.154. The molecule has 5 nitrogen and oxygen atoms in total. The third-order valence-corrected chi connectivity index (χ3v) is 3.21. The lowest BCUT2D eigenvalue weighted by molar-refractivity contribution is 0.102. The van der Waals surface area contributed by atoms with Gasteiger partial charge in [-0.1, -0.05) is 34.7 Å². The van der Waals surface area contributed by atoms with Crippen molar-refractivity contribution in [3.8, 4) is 0 Å². The Morgan fingerprint density at radius 1 is 1.41 bits per heavy atom. The summed E-state index contributed by atoms with van der Waals surface area (Å²) >= 11 is 1.93. The van der Waals surface area contributed by atoms with Gasteiger partial charge < -0.3 is 0 Å². The third-order valence-electron chi connectivity index (χ3n) is 2.52. The highest BCUT2D eigenvalue weighted by atomic mass is 127. The van der Waals surface area contributed by atoms with Gasteiger partial charge in [-0.3, -0.25) is 24.2 Å². The van der Waals surface area contributed by atoms with E-state index in [1.807, 2.05) is 22.6 Å². The summed E-state index contributed by atoms with van der Waals surface area (Å²) in [6, 6.07) is 4.72. The number of alkyl halides is 1. The Balaban J connectivity index is 3.03. The van der Waals surface area contributed by atoms with Crippen LogP contribution in [0.1, 0.15) is 10.4 Å². The van der Waals surface area contributed by atoms with Crippen LogP contribution in [0.15, 0.2) is 27.8 Å². The molecule has 0 amide bonds. The molecule has 1 heterocycles. The minimum atomic E-state index is -0.370. The van der Waals surface area contributed by atoms with E-state index in [1.165, 1.54) is 7.05 Å². The Kier molecular flexibility index (Phi) is 3.14. The average molecular weight is 344 g/mol. The van der Waals surface area contributed by atoms with Crippen LogP contribution in [0.25, 0.3) is 10.8 Å². The van der Waals surface area contributed by atoms with E-state index in [1.54, 1.807) is 18.2 Å².